The van der Waals surface area contributed by atoms with E-state index >= 15 is 0 Å². The Balaban J connectivity index is 2.72. The fraction of sp³-hybridized carbons (Fsp3) is 0.438. The minimum absolute atomic E-state index is 0.171. The van der Waals surface area contributed by atoms with Gasteiger partial charge in [-0.25, -0.2) is 4.79 Å². The van der Waals surface area contributed by atoms with Gasteiger partial charge in [-0.1, -0.05) is 0 Å². The molecule has 0 atom stereocenters. The molecule has 4 nitrogen and oxygen atoms in total. The van der Waals surface area contributed by atoms with Crippen molar-refractivity contribution in [3.63, 3.8) is 0 Å². The average Bonchev–Trinajstić information content (AvgIpc) is 2.66. The van der Waals surface area contributed by atoms with Crippen LogP contribution in [0.3, 0.4) is 0 Å². The molecule has 0 amide bonds. The Morgan fingerprint density at radius 1 is 1.30 bits per heavy atom. The number of aromatic nitrogens is 1. The first-order valence-corrected chi connectivity index (χ1v) is 6.97. The van der Waals surface area contributed by atoms with Gasteiger partial charge in [0.25, 0.3) is 0 Å². The Morgan fingerprint density at radius 3 is 2.55 bits per heavy atom. The largest absolute Gasteiger partial charge is 0.478 e. The molecular weight excluding hydrogens is 254 g/mol. The SMILES string of the molecule is CCn1c(C)c(CCCO)c2cc(C)c(C(=O)O)cc21. The zero-order chi connectivity index (χ0) is 14.9. The Bertz CT molecular complexity index is 656. The smallest absolute Gasteiger partial charge is 0.336 e. The van der Waals surface area contributed by atoms with Gasteiger partial charge in [-0.05, 0) is 56.9 Å². The fourth-order valence-electron chi connectivity index (χ4n) is 2.91. The van der Waals surface area contributed by atoms with E-state index in [4.69, 9.17) is 5.11 Å². The number of carboxylic acid groups (broad SMARTS) is 1. The van der Waals surface area contributed by atoms with Crippen molar-refractivity contribution in [3.8, 4) is 0 Å². The van der Waals surface area contributed by atoms with E-state index in [2.05, 4.69) is 18.4 Å². The van der Waals surface area contributed by atoms with E-state index < -0.39 is 5.97 Å². The van der Waals surface area contributed by atoms with Gasteiger partial charge < -0.3 is 14.8 Å². The van der Waals surface area contributed by atoms with Crippen LogP contribution in [-0.2, 0) is 13.0 Å². The van der Waals surface area contributed by atoms with Gasteiger partial charge >= 0.3 is 5.97 Å². The molecule has 1 aromatic carbocycles. The van der Waals surface area contributed by atoms with Crippen LogP contribution in [0.15, 0.2) is 12.1 Å². The number of aliphatic hydroxyl groups is 1. The maximum Gasteiger partial charge on any atom is 0.336 e. The van der Waals surface area contributed by atoms with E-state index in [0.717, 1.165) is 41.5 Å². The lowest BCUT2D eigenvalue weighted by Gasteiger charge is -2.06. The summed E-state index contributed by atoms with van der Waals surface area (Å²) in [5, 5.41) is 19.4. The molecule has 0 saturated heterocycles. The topological polar surface area (TPSA) is 62.5 Å². The molecule has 0 fully saturated rings. The van der Waals surface area contributed by atoms with E-state index in [1.807, 2.05) is 13.0 Å². The zero-order valence-corrected chi connectivity index (χ0v) is 12.2. The average molecular weight is 275 g/mol. The summed E-state index contributed by atoms with van der Waals surface area (Å²) in [6, 6.07) is 3.73. The molecule has 1 heterocycles. The highest BCUT2D eigenvalue weighted by atomic mass is 16.4. The predicted octanol–water partition coefficient (Wildman–Crippen LogP) is 2.90. The van der Waals surface area contributed by atoms with Gasteiger partial charge in [0, 0.05) is 29.7 Å². The monoisotopic (exact) mass is 275 g/mol. The van der Waals surface area contributed by atoms with Gasteiger partial charge in [0.2, 0.25) is 0 Å². The standard InChI is InChI=1S/C16H21NO3/c1-4-17-11(3)12(6-5-7-18)14-8-10(2)13(16(19)20)9-15(14)17/h8-9,18H,4-7H2,1-3H3,(H,19,20). The van der Waals surface area contributed by atoms with Crippen LogP contribution < -0.4 is 0 Å². The minimum atomic E-state index is -0.886. The predicted molar refractivity (Wildman–Crippen MR) is 79.5 cm³/mol. The van der Waals surface area contributed by atoms with Crippen LogP contribution in [0, 0.1) is 13.8 Å². The third-order valence-electron chi connectivity index (χ3n) is 3.93. The van der Waals surface area contributed by atoms with E-state index in [1.54, 1.807) is 6.07 Å². The number of aryl methyl sites for hydroxylation is 3. The molecule has 4 heteroatoms. The van der Waals surface area contributed by atoms with E-state index in [-0.39, 0.29) is 6.61 Å². The van der Waals surface area contributed by atoms with Crippen LogP contribution >= 0.6 is 0 Å². The number of benzene rings is 1. The van der Waals surface area contributed by atoms with Crippen LogP contribution in [0.1, 0.15) is 40.5 Å². The van der Waals surface area contributed by atoms with Crippen LogP contribution in [0.4, 0.5) is 0 Å². The first-order chi connectivity index (χ1) is 9.51. The lowest BCUT2D eigenvalue weighted by Crippen LogP contribution is -2.01. The number of aliphatic hydroxyl groups excluding tert-OH is 1. The van der Waals surface area contributed by atoms with Gasteiger partial charge in [-0.3, -0.25) is 0 Å². The summed E-state index contributed by atoms with van der Waals surface area (Å²) in [6.07, 6.45) is 1.54. The lowest BCUT2D eigenvalue weighted by molar-refractivity contribution is 0.0696. The Labute approximate surface area is 118 Å². The second-order valence-corrected chi connectivity index (χ2v) is 5.12. The van der Waals surface area contributed by atoms with Crippen molar-refractivity contribution >= 4 is 16.9 Å². The molecule has 2 N–H and O–H groups in total. The van der Waals surface area contributed by atoms with Gasteiger partial charge in [0.15, 0.2) is 0 Å². The van der Waals surface area contributed by atoms with E-state index in [9.17, 15) is 9.90 Å². The highest BCUT2D eigenvalue weighted by molar-refractivity contribution is 5.96. The number of carbonyl (C=O) groups is 1. The van der Waals surface area contributed by atoms with Crippen LogP contribution in [0.5, 0.6) is 0 Å². The molecule has 108 valence electrons. The Morgan fingerprint density at radius 2 is 2.00 bits per heavy atom. The summed E-state index contributed by atoms with van der Waals surface area (Å²) < 4.78 is 2.15. The van der Waals surface area contributed by atoms with Crippen molar-refractivity contribution in [3.05, 3.63) is 34.5 Å². The van der Waals surface area contributed by atoms with Crippen molar-refractivity contribution in [2.75, 3.05) is 6.61 Å². The third-order valence-corrected chi connectivity index (χ3v) is 3.93. The first-order valence-electron chi connectivity index (χ1n) is 6.97. The molecule has 1 aromatic heterocycles. The number of hydrogen-bond acceptors (Lipinski definition) is 2. The van der Waals surface area contributed by atoms with Crippen LogP contribution in [-0.4, -0.2) is 27.4 Å². The molecule has 0 aliphatic carbocycles. The second-order valence-electron chi connectivity index (χ2n) is 5.12. The molecule has 0 unspecified atom stereocenters. The lowest BCUT2D eigenvalue weighted by atomic mass is 10.0. The third kappa shape index (κ3) is 2.31. The van der Waals surface area contributed by atoms with E-state index in [1.165, 1.54) is 5.56 Å². The molecule has 0 aliphatic rings. The molecular formula is C16H21NO3. The number of hydrogen-bond donors (Lipinski definition) is 2. The summed E-state index contributed by atoms with van der Waals surface area (Å²) in [6.45, 7) is 6.93. The number of fused-ring (bicyclic) bond motifs is 1. The molecule has 0 radical (unpaired) electrons. The highest BCUT2D eigenvalue weighted by Gasteiger charge is 2.17. The van der Waals surface area contributed by atoms with Crippen LogP contribution in [0.25, 0.3) is 10.9 Å². The Kier molecular flexibility index (Phi) is 4.14. The molecule has 2 rings (SSSR count). The summed E-state index contributed by atoms with van der Waals surface area (Å²) in [5.74, 6) is -0.886. The number of nitrogens with zero attached hydrogens (tertiary/aromatic N) is 1. The molecule has 0 saturated carbocycles. The van der Waals surface area contributed by atoms with Crippen molar-refractivity contribution in [2.45, 2.75) is 40.2 Å². The van der Waals surface area contributed by atoms with Gasteiger partial charge in [0.05, 0.1) is 5.56 Å². The quantitative estimate of drug-likeness (QED) is 0.882. The molecule has 0 spiro atoms. The molecule has 20 heavy (non-hydrogen) atoms. The number of rotatable bonds is 5. The summed E-state index contributed by atoms with van der Waals surface area (Å²) in [7, 11) is 0. The van der Waals surface area contributed by atoms with Crippen molar-refractivity contribution in [1.82, 2.24) is 4.57 Å². The summed E-state index contributed by atoms with van der Waals surface area (Å²) in [4.78, 5) is 11.3. The first kappa shape index (κ1) is 14.6. The highest BCUT2D eigenvalue weighted by Crippen LogP contribution is 2.29. The van der Waals surface area contributed by atoms with Crippen molar-refractivity contribution < 1.29 is 15.0 Å². The van der Waals surface area contributed by atoms with Gasteiger partial charge in [-0.2, -0.15) is 0 Å². The summed E-state index contributed by atoms with van der Waals surface area (Å²) >= 11 is 0. The number of carboxylic acids is 1. The second kappa shape index (κ2) is 5.67. The molecule has 0 aliphatic heterocycles. The van der Waals surface area contributed by atoms with Crippen molar-refractivity contribution in [2.24, 2.45) is 0 Å². The van der Waals surface area contributed by atoms with E-state index in [0.29, 0.717) is 5.56 Å². The van der Waals surface area contributed by atoms with Crippen molar-refractivity contribution in [1.29, 1.82) is 0 Å². The molecule has 2 aromatic rings. The minimum Gasteiger partial charge on any atom is -0.478 e. The maximum absolute atomic E-state index is 11.3. The van der Waals surface area contributed by atoms with Gasteiger partial charge in [0.1, 0.15) is 0 Å². The molecule has 0 bridgehead atoms. The fourth-order valence-corrected chi connectivity index (χ4v) is 2.91. The van der Waals surface area contributed by atoms with Gasteiger partial charge in [-0.15, -0.1) is 0 Å². The zero-order valence-electron chi connectivity index (χ0n) is 12.2. The maximum atomic E-state index is 11.3. The Hall–Kier alpha value is -1.81. The normalized spacial score (nSPS) is 11.2. The number of aromatic carboxylic acids is 1. The van der Waals surface area contributed by atoms with Crippen LogP contribution in [0.2, 0.25) is 0 Å². The summed E-state index contributed by atoms with van der Waals surface area (Å²) in [5.41, 5.74) is 4.50.